The lowest BCUT2D eigenvalue weighted by atomic mass is 9.43. The number of esters is 1. The van der Waals surface area contributed by atoms with E-state index in [-0.39, 0.29) is 17.5 Å². The van der Waals surface area contributed by atoms with Crippen LogP contribution in [0.4, 0.5) is 0 Å². The van der Waals surface area contributed by atoms with E-state index in [1.807, 2.05) is 6.92 Å². The van der Waals surface area contributed by atoms with Crippen molar-refractivity contribution < 1.29 is 14.6 Å². The van der Waals surface area contributed by atoms with Gasteiger partial charge in [-0.3, -0.25) is 4.79 Å². The van der Waals surface area contributed by atoms with Crippen molar-refractivity contribution >= 4 is 5.97 Å². The van der Waals surface area contributed by atoms with Gasteiger partial charge in [0.2, 0.25) is 0 Å². The number of fused-ring (bicyclic) bond motifs is 5. The Hall–Kier alpha value is -0.570. The quantitative estimate of drug-likeness (QED) is 0.538. The van der Waals surface area contributed by atoms with Crippen LogP contribution in [0.1, 0.15) is 98.8 Å². The predicted octanol–water partition coefficient (Wildman–Crippen LogP) is 6.23. The van der Waals surface area contributed by atoms with E-state index >= 15 is 0 Å². The molecule has 0 aromatic rings. The molecule has 30 heavy (non-hydrogen) atoms. The van der Waals surface area contributed by atoms with Crippen LogP contribution >= 0.6 is 0 Å². The van der Waals surface area contributed by atoms with E-state index in [4.69, 9.17) is 4.74 Å². The normalized spacial score (nSPS) is 48.9. The van der Waals surface area contributed by atoms with Gasteiger partial charge in [-0.25, -0.2) is 0 Å². The fraction of sp³-hybridized carbons (Fsp3) is 0.963. The summed E-state index contributed by atoms with van der Waals surface area (Å²) in [7, 11) is 0. The van der Waals surface area contributed by atoms with Gasteiger partial charge in [-0.05, 0) is 111 Å². The van der Waals surface area contributed by atoms with Crippen LogP contribution in [0, 0.1) is 52.3 Å². The molecule has 0 aliphatic heterocycles. The Kier molecular flexibility index (Phi) is 6.34. The largest absolute Gasteiger partial charge is 0.466 e. The highest BCUT2D eigenvalue weighted by molar-refractivity contribution is 5.69. The zero-order valence-electron chi connectivity index (χ0n) is 20.2. The highest BCUT2D eigenvalue weighted by atomic mass is 16.5. The summed E-state index contributed by atoms with van der Waals surface area (Å²) < 4.78 is 5.16. The van der Waals surface area contributed by atoms with E-state index in [1.54, 1.807) is 0 Å². The first kappa shape index (κ1) is 22.6. The molecule has 4 aliphatic rings. The molecule has 10 atom stereocenters. The minimum Gasteiger partial charge on any atom is -0.466 e. The summed E-state index contributed by atoms with van der Waals surface area (Å²) in [5.41, 5.74) is 0.478. The molecule has 0 heterocycles. The van der Waals surface area contributed by atoms with E-state index in [1.165, 1.54) is 44.9 Å². The van der Waals surface area contributed by atoms with Crippen molar-refractivity contribution in [1.82, 2.24) is 0 Å². The van der Waals surface area contributed by atoms with Crippen molar-refractivity contribution in [2.75, 3.05) is 6.61 Å². The van der Waals surface area contributed by atoms with Crippen molar-refractivity contribution in [2.24, 2.45) is 52.3 Å². The molecular weight excluding hydrogens is 372 g/mol. The molecule has 4 aliphatic carbocycles. The third-order valence-electron chi connectivity index (χ3n) is 10.9. The van der Waals surface area contributed by atoms with Crippen LogP contribution in [0.2, 0.25) is 0 Å². The molecule has 0 spiro atoms. The minimum absolute atomic E-state index is 0.0282. The third kappa shape index (κ3) is 3.55. The second-order valence-corrected chi connectivity index (χ2v) is 12.2. The smallest absolute Gasteiger partial charge is 0.305 e. The van der Waals surface area contributed by atoms with Crippen molar-refractivity contribution in [3.05, 3.63) is 0 Å². The molecule has 4 rings (SSSR count). The van der Waals surface area contributed by atoms with Crippen LogP contribution in [-0.4, -0.2) is 23.8 Å². The average molecular weight is 419 g/mol. The van der Waals surface area contributed by atoms with Crippen LogP contribution in [-0.2, 0) is 9.53 Å². The van der Waals surface area contributed by atoms with Crippen molar-refractivity contribution in [3.8, 4) is 0 Å². The molecule has 4 fully saturated rings. The lowest BCUT2D eigenvalue weighted by Crippen LogP contribution is -2.58. The topological polar surface area (TPSA) is 46.5 Å². The van der Waals surface area contributed by atoms with Gasteiger partial charge >= 0.3 is 5.97 Å². The summed E-state index contributed by atoms with van der Waals surface area (Å²) in [6, 6.07) is 0. The van der Waals surface area contributed by atoms with Gasteiger partial charge in [-0.1, -0.05) is 34.1 Å². The van der Waals surface area contributed by atoms with Gasteiger partial charge in [-0.15, -0.1) is 0 Å². The van der Waals surface area contributed by atoms with Crippen molar-refractivity contribution in [1.29, 1.82) is 0 Å². The second-order valence-electron chi connectivity index (χ2n) is 12.2. The molecule has 0 aromatic carbocycles. The summed E-state index contributed by atoms with van der Waals surface area (Å²) in [6.45, 7) is 12.1. The van der Waals surface area contributed by atoms with Gasteiger partial charge in [0.25, 0.3) is 0 Å². The van der Waals surface area contributed by atoms with Crippen LogP contribution in [0.15, 0.2) is 0 Å². The van der Waals surface area contributed by atoms with Crippen LogP contribution < -0.4 is 0 Å². The van der Waals surface area contributed by atoms with Crippen LogP contribution in [0.3, 0.4) is 0 Å². The highest BCUT2D eigenvalue weighted by Gasteiger charge is 2.63. The Balaban J connectivity index is 1.50. The van der Waals surface area contributed by atoms with E-state index < -0.39 is 0 Å². The van der Waals surface area contributed by atoms with E-state index in [0.717, 1.165) is 30.6 Å². The van der Waals surface area contributed by atoms with Gasteiger partial charge in [-0.2, -0.15) is 0 Å². The molecular formula is C27H46O3. The van der Waals surface area contributed by atoms with Crippen molar-refractivity contribution in [2.45, 2.75) is 105 Å². The summed E-state index contributed by atoms with van der Waals surface area (Å²) >= 11 is 0. The molecule has 3 nitrogen and oxygen atoms in total. The molecule has 172 valence electrons. The molecule has 3 heteroatoms. The van der Waals surface area contributed by atoms with Gasteiger partial charge in [0.1, 0.15) is 0 Å². The van der Waals surface area contributed by atoms with Gasteiger partial charge < -0.3 is 9.84 Å². The Bertz CT molecular complexity index is 632. The number of ether oxygens (including phenoxy) is 1. The number of aliphatic hydroxyl groups excluding tert-OH is 1. The fourth-order valence-electron chi connectivity index (χ4n) is 9.18. The number of carbonyl (C=O) groups is 1. The van der Waals surface area contributed by atoms with E-state index in [2.05, 4.69) is 27.7 Å². The van der Waals surface area contributed by atoms with Gasteiger partial charge in [0, 0.05) is 6.42 Å². The monoisotopic (exact) mass is 418 g/mol. The number of carbonyl (C=O) groups excluding carboxylic acids is 1. The molecule has 0 bridgehead atoms. The SMILES string of the molecule is CCOC(=O)CC[C@@H](C)[C@H]1CCC2C3CC[C@@H]4C[C@H](C)CC[C@]4(C)C3C[C@H](O)[C@@]21C. The van der Waals surface area contributed by atoms with E-state index in [0.29, 0.717) is 42.1 Å². The maximum absolute atomic E-state index is 11.9. The number of rotatable bonds is 5. The zero-order chi connectivity index (χ0) is 21.7. The Morgan fingerprint density at radius 2 is 1.87 bits per heavy atom. The Labute approximate surface area is 184 Å². The second kappa shape index (κ2) is 8.41. The molecule has 4 saturated carbocycles. The molecule has 3 unspecified atom stereocenters. The lowest BCUT2D eigenvalue weighted by Gasteiger charge is -2.62. The average Bonchev–Trinajstić information content (AvgIpc) is 3.07. The van der Waals surface area contributed by atoms with E-state index in [9.17, 15) is 9.90 Å². The summed E-state index contributed by atoms with van der Waals surface area (Å²) in [6.07, 6.45) is 11.7. The highest BCUT2D eigenvalue weighted by Crippen LogP contribution is 2.68. The third-order valence-corrected chi connectivity index (χ3v) is 10.9. The molecule has 0 radical (unpaired) electrons. The first-order valence-electron chi connectivity index (χ1n) is 13.0. The lowest BCUT2D eigenvalue weighted by molar-refractivity contribution is -0.171. The maximum atomic E-state index is 11.9. The first-order chi connectivity index (χ1) is 14.2. The standard InChI is InChI=1S/C27H46O3/c1-6-30-25(29)12-7-18(3)21-10-11-22-20-9-8-19-15-17(2)13-14-26(19,4)23(20)16-24(28)27(21,22)5/h17-24,28H,6-16H2,1-5H3/t17-,18-,19-,20?,21-,22?,23?,24+,26+,27-/m1/s1. The maximum Gasteiger partial charge on any atom is 0.305 e. The number of hydrogen-bond acceptors (Lipinski definition) is 3. The molecule has 1 N–H and O–H groups in total. The summed E-state index contributed by atoms with van der Waals surface area (Å²) in [5, 5.41) is 11.6. The predicted molar refractivity (Wildman–Crippen MR) is 121 cm³/mol. The number of aliphatic hydroxyl groups is 1. The molecule has 0 amide bonds. The van der Waals surface area contributed by atoms with Gasteiger partial charge in [0.15, 0.2) is 0 Å². The minimum atomic E-state index is -0.184. The summed E-state index contributed by atoms with van der Waals surface area (Å²) in [4.78, 5) is 11.9. The first-order valence-corrected chi connectivity index (χ1v) is 13.0. The number of hydrogen-bond donors (Lipinski definition) is 1. The Morgan fingerprint density at radius 1 is 1.10 bits per heavy atom. The fourth-order valence-corrected chi connectivity index (χ4v) is 9.18. The van der Waals surface area contributed by atoms with Crippen molar-refractivity contribution in [3.63, 3.8) is 0 Å². The molecule has 0 aromatic heterocycles. The molecule has 0 saturated heterocycles. The summed E-state index contributed by atoms with van der Waals surface area (Å²) in [5.74, 6) is 4.88. The Morgan fingerprint density at radius 3 is 2.60 bits per heavy atom. The van der Waals surface area contributed by atoms with Crippen LogP contribution in [0.5, 0.6) is 0 Å². The van der Waals surface area contributed by atoms with Crippen LogP contribution in [0.25, 0.3) is 0 Å². The zero-order valence-corrected chi connectivity index (χ0v) is 20.2. The van der Waals surface area contributed by atoms with Gasteiger partial charge in [0.05, 0.1) is 12.7 Å².